The van der Waals surface area contributed by atoms with Crippen molar-refractivity contribution in [2.75, 3.05) is 19.4 Å². The molecule has 0 atom stereocenters. The molecule has 2 aromatic rings. The molecule has 0 aromatic heterocycles. The first-order valence-electron chi connectivity index (χ1n) is 5.98. The summed E-state index contributed by atoms with van der Waals surface area (Å²) < 4.78 is 2.10. The molecule has 0 unspecified atom stereocenters. The summed E-state index contributed by atoms with van der Waals surface area (Å²) >= 11 is 1.73. The Morgan fingerprint density at radius 3 is 2.33 bits per heavy atom. The molecule has 0 saturated carbocycles. The van der Waals surface area contributed by atoms with E-state index in [1.165, 1.54) is 16.1 Å². The average Bonchev–Trinajstić information content (AvgIpc) is 2.38. The fraction of sp³-hybridized carbons (Fsp3) is 0.200. The Bertz CT molecular complexity index is 483. The minimum absolute atomic E-state index is 0.853. The highest BCUT2D eigenvalue weighted by Crippen LogP contribution is 2.28. The predicted molar refractivity (Wildman–Crippen MR) is 79.8 cm³/mol. The second-order valence-electron chi connectivity index (χ2n) is 4.24. The van der Waals surface area contributed by atoms with Crippen LogP contribution in [0, 0.1) is 0 Å². The molecule has 2 aromatic carbocycles. The molecule has 0 radical (unpaired) electrons. The molecule has 0 aliphatic rings. The summed E-state index contributed by atoms with van der Waals surface area (Å²) in [6, 6.07) is 18.8. The SMILES string of the molecule is CN(C)Sc1ccccc1NCc1ccccc1. The maximum atomic E-state index is 3.49. The van der Waals surface area contributed by atoms with Gasteiger partial charge in [-0.3, -0.25) is 4.31 Å². The van der Waals surface area contributed by atoms with E-state index in [9.17, 15) is 0 Å². The fourth-order valence-corrected chi connectivity index (χ4v) is 2.45. The van der Waals surface area contributed by atoms with Crippen LogP contribution in [0.25, 0.3) is 0 Å². The molecule has 0 bridgehead atoms. The van der Waals surface area contributed by atoms with E-state index in [0.717, 1.165) is 6.54 Å². The van der Waals surface area contributed by atoms with E-state index >= 15 is 0 Å². The van der Waals surface area contributed by atoms with Crippen molar-refractivity contribution >= 4 is 17.6 Å². The first-order valence-corrected chi connectivity index (χ1v) is 6.75. The zero-order valence-electron chi connectivity index (χ0n) is 10.8. The smallest absolute Gasteiger partial charge is 0.0494 e. The van der Waals surface area contributed by atoms with E-state index in [1.54, 1.807) is 11.9 Å². The molecule has 1 N–H and O–H groups in total. The van der Waals surface area contributed by atoms with E-state index < -0.39 is 0 Å². The zero-order valence-corrected chi connectivity index (χ0v) is 11.6. The van der Waals surface area contributed by atoms with E-state index in [1.807, 2.05) is 6.07 Å². The molecule has 0 aliphatic carbocycles. The van der Waals surface area contributed by atoms with Gasteiger partial charge in [0.2, 0.25) is 0 Å². The van der Waals surface area contributed by atoms with Crippen molar-refractivity contribution in [2.24, 2.45) is 0 Å². The Morgan fingerprint density at radius 1 is 0.944 bits per heavy atom. The third-order valence-electron chi connectivity index (χ3n) is 2.49. The molecule has 18 heavy (non-hydrogen) atoms. The van der Waals surface area contributed by atoms with Gasteiger partial charge in [-0.25, -0.2) is 0 Å². The number of hydrogen-bond donors (Lipinski definition) is 1. The lowest BCUT2D eigenvalue weighted by molar-refractivity contribution is 0.703. The van der Waals surface area contributed by atoms with Gasteiger partial charge >= 0.3 is 0 Å². The number of nitrogens with zero attached hydrogens (tertiary/aromatic N) is 1. The van der Waals surface area contributed by atoms with Gasteiger partial charge in [0.05, 0.1) is 0 Å². The van der Waals surface area contributed by atoms with Gasteiger partial charge in [0.25, 0.3) is 0 Å². The first-order chi connectivity index (χ1) is 8.75. The van der Waals surface area contributed by atoms with Crippen LogP contribution in [0.4, 0.5) is 5.69 Å². The van der Waals surface area contributed by atoms with E-state index in [4.69, 9.17) is 0 Å². The predicted octanol–water partition coefficient (Wildman–Crippen LogP) is 3.87. The number of hydrogen-bond acceptors (Lipinski definition) is 3. The standard InChI is InChI=1S/C15H18N2S/c1-17(2)18-15-11-7-6-10-14(15)16-12-13-8-4-3-5-9-13/h3-11,16H,12H2,1-2H3. The van der Waals surface area contributed by atoms with Crippen molar-refractivity contribution < 1.29 is 0 Å². The summed E-state index contributed by atoms with van der Waals surface area (Å²) in [6.07, 6.45) is 0. The van der Waals surface area contributed by atoms with Gasteiger partial charge in [-0.1, -0.05) is 42.5 Å². The van der Waals surface area contributed by atoms with Crippen molar-refractivity contribution in [3.05, 3.63) is 60.2 Å². The van der Waals surface area contributed by atoms with Crippen LogP contribution < -0.4 is 5.32 Å². The van der Waals surface area contributed by atoms with Gasteiger partial charge < -0.3 is 5.32 Å². The second-order valence-corrected chi connectivity index (χ2v) is 5.59. The highest BCUT2D eigenvalue weighted by Gasteiger charge is 2.03. The summed E-state index contributed by atoms with van der Waals surface area (Å²) in [7, 11) is 4.11. The van der Waals surface area contributed by atoms with Crippen LogP contribution in [0.1, 0.15) is 5.56 Å². The van der Waals surface area contributed by atoms with Crippen LogP contribution in [-0.2, 0) is 6.54 Å². The van der Waals surface area contributed by atoms with Crippen LogP contribution in [0.2, 0.25) is 0 Å². The molecule has 0 heterocycles. The maximum absolute atomic E-state index is 3.49. The maximum Gasteiger partial charge on any atom is 0.0494 e. The summed E-state index contributed by atoms with van der Waals surface area (Å²) in [5, 5.41) is 3.49. The molecule has 0 fully saturated rings. The minimum atomic E-state index is 0.853. The molecule has 3 heteroatoms. The number of para-hydroxylation sites is 1. The van der Waals surface area contributed by atoms with Gasteiger partial charge in [0.15, 0.2) is 0 Å². The molecule has 0 spiro atoms. The summed E-state index contributed by atoms with van der Waals surface area (Å²) in [5.74, 6) is 0. The minimum Gasteiger partial charge on any atom is -0.380 e. The van der Waals surface area contributed by atoms with Crippen molar-refractivity contribution in [2.45, 2.75) is 11.4 Å². The Labute approximate surface area is 113 Å². The molecular weight excluding hydrogens is 240 g/mol. The van der Waals surface area contributed by atoms with Gasteiger partial charge in [0.1, 0.15) is 0 Å². The zero-order chi connectivity index (χ0) is 12.8. The molecular formula is C15H18N2S. The monoisotopic (exact) mass is 258 g/mol. The summed E-state index contributed by atoms with van der Waals surface area (Å²) in [4.78, 5) is 1.25. The van der Waals surface area contributed by atoms with Crippen LogP contribution >= 0.6 is 11.9 Å². The Hall–Kier alpha value is -1.45. The quantitative estimate of drug-likeness (QED) is 0.820. The van der Waals surface area contributed by atoms with Crippen LogP contribution in [0.15, 0.2) is 59.5 Å². The Morgan fingerprint density at radius 2 is 1.61 bits per heavy atom. The summed E-state index contributed by atoms with van der Waals surface area (Å²) in [5.41, 5.74) is 2.47. The molecule has 0 saturated heterocycles. The Balaban J connectivity index is 2.05. The topological polar surface area (TPSA) is 15.3 Å². The lowest BCUT2D eigenvalue weighted by Crippen LogP contribution is -2.03. The van der Waals surface area contributed by atoms with Crippen LogP contribution in [-0.4, -0.2) is 18.4 Å². The average molecular weight is 258 g/mol. The normalized spacial score (nSPS) is 10.6. The second kappa shape index (κ2) is 6.47. The van der Waals surface area contributed by atoms with Crippen LogP contribution in [0.5, 0.6) is 0 Å². The van der Waals surface area contributed by atoms with E-state index in [0.29, 0.717) is 0 Å². The lowest BCUT2D eigenvalue weighted by atomic mass is 10.2. The van der Waals surface area contributed by atoms with Crippen molar-refractivity contribution in [1.29, 1.82) is 0 Å². The molecule has 0 aliphatic heterocycles. The van der Waals surface area contributed by atoms with Crippen molar-refractivity contribution in [3.8, 4) is 0 Å². The molecule has 2 rings (SSSR count). The highest BCUT2D eigenvalue weighted by molar-refractivity contribution is 7.97. The lowest BCUT2D eigenvalue weighted by Gasteiger charge is -2.14. The van der Waals surface area contributed by atoms with Crippen LogP contribution in [0.3, 0.4) is 0 Å². The third kappa shape index (κ3) is 3.79. The number of rotatable bonds is 5. The number of benzene rings is 2. The van der Waals surface area contributed by atoms with Gasteiger partial charge in [-0.2, -0.15) is 0 Å². The number of anilines is 1. The van der Waals surface area contributed by atoms with Crippen molar-refractivity contribution in [3.63, 3.8) is 0 Å². The van der Waals surface area contributed by atoms with Crippen molar-refractivity contribution in [1.82, 2.24) is 4.31 Å². The van der Waals surface area contributed by atoms with Gasteiger partial charge in [-0.05, 0) is 43.7 Å². The summed E-state index contributed by atoms with van der Waals surface area (Å²) in [6.45, 7) is 0.853. The third-order valence-corrected chi connectivity index (χ3v) is 3.41. The van der Waals surface area contributed by atoms with Gasteiger partial charge in [0, 0.05) is 17.1 Å². The first kappa shape index (κ1) is 13.0. The molecule has 94 valence electrons. The van der Waals surface area contributed by atoms with E-state index in [-0.39, 0.29) is 0 Å². The number of nitrogens with one attached hydrogen (secondary N) is 1. The largest absolute Gasteiger partial charge is 0.380 e. The molecule has 2 nitrogen and oxygen atoms in total. The fourth-order valence-electron chi connectivity index (χ4n) is 1.68. The van der Waals surface area contributed by atoms with E-state index in [2.05, 4.69) is 72.2 Å². The highest BCUT2D eigenvalue weighted by atomic mass is 32.2. The molecule has 0 amide bonds. The Kier molecular flexibility index (Phi) is 4.67. The van der Waals surface area contributed by atoms with Gasteiger partial charge in [-0.15, -0.1) is 0 Å².